The van der Waals surface area contributed by atoms with Crippen molar-refractivity contribution in [1.82, 2.24) is 15.4 Å². The van der Waals surface area contributed by atoms with Crippen LogP contribution < -0.4 is 0 Å². The number of fused-ring (bicyclic) bond motifs is 5. The van der Waals surface area contributed by atoms with Crippen LogP contribution in [0.1, 0.15) is 89.7 Å². The minimum absolute atomic E-state index is 0.460. The molecule has 0 spiro atoms. The Bertz CT molecular complexity index is 596. The van der Waals surface area contributed by atoms with E-state index in [1.807, 2.05) is 6.20 Å². The van der Waals surface area contributed by atoms with Crippen molar-refractivity contribution < 1.29 is 0 Å². The van der Waals surface area contributed by atoms with Gasteiger partial charge in [-0.2, -0.15) is 15.4 Å². The normalized spacial score (nSPS) is 50.8. The molecule has 0 aromatic carbocycles. The van der Waals surface area contributed by atoms with Gasteiger partial charge in [0.25, 0.3) is 0 Å². The second-order valence-corrected chi connectivity index (χ2v) is 9.98. The van der Waals surface area contributed by atoms with E-state index in [1.165, 1.54) is 69.9 Å². The zero-order valence-electron chi connectivity index (χ0n) is 15.4. The third-order valence-corrected chi connectivity index (χ3v) is 9.33. The van der Waals surface area contributed by atoms with Gasteiger partial charge >= 0.3 is 0 Å². The maximum atomic E-state index is 4.56. The smallest absolute Gasteiger partial charge is 0.0861 e. The molecule has 4 saturated carbocycles. The Morgan fingerprint density at radius 2 is 1.88 bits per heavy atom. The molecule has 3 nitrogen and oxygen atoms in total. The van der Waals surface area contributed by atoms with Gasteiger partial charge in [-0.1, -0.05) is 26.7 Å². The summed E-state index contributed by atoms with van der Waals surface area (Å²) < 4.78 is 0. The van der Waals surface area contributed by atoms with Gasteiger partial charge in [0.1, 0.15) is 0 Å². The first-order chi connectivity index (χ1) is 11.6. The van der Waals surface area contributed by atoms with Crippen molar-refractivity contribution in [3.05, 3.63) is 11.9 Å². The minimum Gasteiger partial charge on any atom is -0.198 e. The van der Waals surface area contributed by atoms with Gasteiger partial charge in [-0.25, -0.2) is 0 Å². The molecule has 0 radical (unpaired) electrons. The molecule has 4 aliphatic carbocycles. The van der Waals surface area contributed by atoms with Gasteiger partial charge in [0, 0.05) is 5.92 Å². The topological polar surface area (TPSA) is 41.6 Å². The Morgan fingerprint density at radius 3 is 2.71 bits per heavy atom. The number of hydrogen-bond acceptors (Lipinski definition) is 2. The van der Waals surface area contributed by atoms with Gasteiger partial charge in [0.2, 0.25) is 0 Å². The van der Waals surface area contributed by atoms with Crippen LogP contribution in [-0.4, -0.2) is 15.4 Å². The summed E-state index contributed by atoms with van der Waals surface area (Å²) in [6.07, 6.45) is 16.6. The maximum absolute atomic E-state index is 4.56. The first kappa shape index (κ1) is 15.4. The fourth-order valence-electron chi connectivity index (χ4n) is 8.19. The highest BCUT2D eigenvalue weighted by molar-refractivity contribution is 5.17. The Balaban J connectivity index is 1.53. The number of H-pyrrole nitrogens is 1. The molecule has 132 valence electrons. The summed E-state index contributed by atoms with van der Waals surface area (Å²) in [7, 11) is 0. The highest BCUT2D eigenvalue weighted by Crippen LogP contribution is 2.68. The van der Waals surface area contributed by atoms with Crippen molar-refractivity contribution in [2.75, 3.05) is 0 Å². The molecule has 1 N–H and O–H groups in total. The average Bonchev–Trinajstić information content (AvgIpc) is 3.22. The molecule has 1 heterocycles. The molecule has 0 aliphatic heterocycles. The first-order valence-corrected chi connectivity index (χ1v) is 10.5. The molecule has 0 amide bonds. The van der Waals surface area contributed by atoms with E-state index in [-0.39, 0.29) is 0 Å². The van der Waals surface area contributed by atoms with E-state index in [0.29, 0.717) is 16.7 Å². The van der Waals surface area contributed by atoms with Gasteiger partial charge in [-0.15, -0.1) is 0 Å². The van der Waals surface area contributed by atoms with Gasteiger partial charge in [0.15, 0.2) is 0 Å². The maximum Gasteiger partial charge on any atom is 0.0861 e. The van der Waals surface area contributed by atoms with Crippen molar-refractivity contribution in [2.24, 2.45) is 34.5 Å². The van der Waals surface area contributed by atoms with Crippen LogP contribution in [0.15, 0.2) is 6.20 Å². The van der Waals surface area contributed by atoms with Crippen LogP contribution in [0.3, 0.4) is 0 Å². The second-order valence-electron chi connectivity index (χ2n) is 9.98. The Kier molecular flexibility index (Phi) is 3.41. The monoisotopic (exact) mass is 327 g/mol. The van der Waals surface area contributed by atoms with E-state index in [0.717, 1.165) is 23.7 Å². The van der Waals surface area contributed by atoms with E-state index in [1.54, 1.807) is 0 Å². The molecule has 0 bridgehead atoms. The summed E-state index contributed by atoms with van der Waals surface area (Å²) in [6.45, 7) is 5.27. The molecule has 1 aromatic rings. The standard InChI is InChI=1S/C21H33N3/c1-20-11-4-7-16(20)15-9-8-14-5-3-6-18(19-13-22-24-23-19)21(14,2)17(15)10-12-20/h13-18H,3-12H2,1-2H3,(H,22,23,24)/t14?,15-,16-,17+,18?,20-,21-/m0/s1. The number of aromatic nitrogens is 3. The van der Waals surface area contributed by atoms with E-state index < -0.39 is 0 Å². The quantitative estimate of drug-likeness (QED) is 0.758. The molecule has 0 saturated heterocycles. The Labute approximate surface area is 146 Å². The lowest BCUT2D eigenvalue weighted by Crippen LogP contribution is -2.54. The molecule has 1 aromatic heterocycles. The summed E-state index contributed by atoms with van der Waals surface area (Å²) in [5.74, 6) is 4.47. The summed E-state index contributed by atoms with van der Waals surface area (Å²) >= 11 is 0. The van der Waals surface area contributed by atoms with E-state index >= 15 is 0 Å². The van der Waals surface area contributed by atoms with Gasteiger partial charge < -0.3 is 0 Å². The molecule has 5 rings (SSSR count). The molecule has 7 atom stereocenters. The van der Waals surface area contributed by atoms with Crippen LogP contribution in [0.25, 0.3) is 0 Å². The van der Waals surface area contributed by atoms with Crippen molar-refractivity contribution in [2.45, 2.75) is 84.0 Å². The van der Waals surface area contributed by atoms with E-state index in [2.05, 4.69) is 29.3 Å². The lowest BCUT2D eigenvalue weighted by molar-refractivity contribution is -0.115. The average molecular weight is 328 g/mol. The highest BCUT2D eigenvalue weighted by Gasteiger charge is 2.60. The van der Waals surface area contributed by atoms with Crippen LogP contribution in [-0.2, 0) is 0 Å². The fraction of sp³-hybridized carbons (Fsp3) is 0.905. The molecule has 4 aliphatic rings. The third kappa shape index (κ3) is 1.96. The van der Waals surface area contributed by atoms with E-state index in [9.17, 15) is 0 Å². The number of hydrogen-bond donors (Lipinski definition) is 1. The number of nitrogens with zero attached hydrogens (tertiary/aromatic N) is 2. The predicted octanol–water partition coefficient (Wildman–Crippen LogP) is 5.32. The second kappa shape index (κ2) is 5.32. The van der Waals surface area contributed by atoms with Crippen LogP contribution in [0, 0.1) is 34.5 Å². The largest absolute Gasteiger partial charge is 0.198 e. The summed E-state index contributed by atoms with van der Waals surface area (Å²) in [5, 5.41) is 11.6. The molecule has 4 fully saturated rings. The van der Waals surface area contributed by atoms with Crippen molar-refractivity contribution in [3.63, 3.8) is 0 Å². The SMILES string of the molecule is C[C@@]12CCC[C@H]1[C@@H]1CCC3CCCC(c4cn[nH]n4)[C@]3(C)[C@@H]1CC2. The Morgan fingerprint density at radius 1 is 0.958 bits per heavy atom. The zero-order chi connectivity index (χ0) is 16.4. The minimum atomic E-state index is 0.460. The first-order valence-electron chi connectivity index (χ1n) is 10.5. The Hall–Kier alpha value is -0.860. The molecule has 24 heavy (non-hydrogen) atoms. The number of rotatable bonds is 1. The van der Waals surface area contributed by atoms with E-state index in [4.69, 9.17) is 0 Å². The van der Waals surface area contributed by atoms with Gasteiger partial charge in [0.05, 0.1) is 11.9 Å². The van der Waals surface area contributed by atoms with Crippen LogP contribution >= 0.6 is 0 Å². The van der Waals surface area contributed by atoms with Crippen LogP contribution in [0.5, 0.6) is 0 Å². The van der Waals surface area contributed by atoms with Gasteiger partial charge in [-0.3, -0.25) is 0 Å². The summed E-state index contributed by atoms with van der Waals surface area (Å²) in [6, 6.07) is 0. The molecular weight excluding hydrogens is 294 g/mol. The predicted molar refractivity (Wildman–Crippen MR) is 95.5 cm³/mol. The highest BCUT2D eigenvalue weighted by atomic mass is 15.3. The molecule has 2 unspecified atom stereocenters. The fourth-order valence-corrected chi connectivity index (χ4v) is 8.19. The van der Waals surface area contributed by atoms with Crippen molar-refractivity contribution in [1.29, 1.82) is 0 Å². The van der Waals surface area contributed by atoms with Crippen LogP contribution in [0.4, 0.5) is 0 Å². The number of aromatic amines is 1. The van der Waals surface area contributed by atoms with Crippen molar-refractivity contribution >= 4 is 0 Å². The lowest BCUT2D eigenvalue weighted by atomic mass is 9.43. The summed E-state index contributed by atoms with van der Waals surface area (Å²) in [5.41, 5.74) is 2.38. The van der Waals surface area contributed by atoms with Gasteiger partial charge in [-0.05, 0) is 85.9 Å². The summed E-state index contributed by atoms with van der Waals surface area (Å²) in [4.78, 5) is 0. The molecular formula is C21H33N3. The number of nitrogens with one attached hydrogen (secondary N) is 1. The molecule has 3 heteroatoms. The van der Waals surface area contributed by atoms with Crippen molar-refractivity contribution in [3.8, 4) is 0 Å². The van der Waals surface area contributed by atoms with Crippen LogP contribution in [0.2, 0.25) is 0 Å². The lowest BCUT2D eigenvalue weighted by Gasteiger charge is -2.62. The third-order valence-electron chi connectivity index (χ3n) is 9.33. The zero-order valence-corrected chi connectivity index (χ0v) is 15.4.